The van der Waals surface area contributed by atoms with Gasteiger partial charge in [0.25, 0.3) is 0 Å². The number of halogens is 6. The monoisotopic (exact) mass is 333 g/mol. The SMILES string of the molecule is COc1cc([B]c2c(F)c(F)c(OC)c(F)c2F)c(F)cc1F. The van der Waals surface area contributed by atoms with Gasteiger partial charge in [0.15, 0.2) is 29.0 Å². The molecule has 1 radical (unpaired) electrons. The van der Waals surface area contributed by atoms with Crippen LogP contribution in [0.2, 0.25) is 0 Å². The predicted molar refractivity (Wildman–Crippen MR) is 70.8 cm³/mol. The van der Waals surface area contributed by atoms with Gasteiger partial charge in [0.2, 0.25) is 18.9 Å². The van der Waals surface area contributed by atoms with Gasteiger partial charge in [-0.05, 0) is 17.0 Å². The van der Waals surface area contributed by atoms with Crippen molar-refractivity contribution in [2.75, 3.05) is 14.2 Å². The van der Waals surface area contributed by atoms with Crippen LogP contribution in [0.25, 0.3) is 0 Å². The molecule has 121 valence electrons. The van der Waals surface area contributed by atoms with Crippen LogP contribution in [-0.2, 0) is 0 Å². The molecule has 0 heterocycles. The van der Waals surface area contributed by atoms with Crippen molar-refractivity contribution in [1.82, 2.24) is 0 Å². The molecule has 2 aromatic rings. The molecule has 0 aliphatic rings. The van der Waals surface area contributed by atoms with E-state index in [4.69, 9.17) is 0 Å². The van der Waals surface area contributed by atoms with E-state index in [1.807, 2.05) is 0 Å². The summed E-state index contributed by atoms with van der Waals surface area (Å²) in [7, 11) is 2.41. The van der Waals surface area contributed by atoms with Crippen LogP contribution in [0.15, 0.2) is 12.1 Å². The fourth-order valence-electron chi connectivity index (χ4n) is 1.90. The Bertz CT molecular complexity index is 737. The van der Waals surface area contributed by atoms with Crippen molar-refractivity contribution in [3.63, 3.8) is 0 Å². The number of methoxy groups -OCH3 is 2. The molecule has 0 saturated carbocycles. The second-order valence-electron chi connectivity index (χ2n) is 4.36. The molecule has 9 heteroatoms. The summed E-state index contributed by atoms with van der Waals surface area (Å²) in [5.74, 6) is -11.0. The molecule has 0 aliphatic heterocycles. The standard InChI is InChI=1S/C14H8BF6O2/c1-22-8-3-5(6(16)4-7(8)17)15-9-10(18)12(20)14(23-2)13(21)11(9)19/h3-4H,1-2H3. The zero-order valence-corrected chi connectivity index (χ0v) is 11.8. The van der Waals surface area contributed by atoms with Gasteiger partial charge in [-0.1, -0.05) is 0 Å². The quantitative estimate of drug-likeness (QED) is 0.485. The van der Waals surface area contributed by atoms with Gasteiger partial charge in [0.1, 0.15) is 5.82 Å². The van der Waals surface area contributed by atoms with Gasteiger partial charge in [-0.2, -0.15) is 8.78 Å². The van der Waals surface area contributed by atoms with E-state index >= 15 is 0 Å². The van der Waals surface area contributed by atoms with E-state index in [0.717, 1.165) is 20.3 Å². The van der Waals surface area contributed by atoms with Gasteiger partial charge < -0.3 is 9.47 Å². The first-order valence-electron chi connectivity index (χ1n) is 6.09. The molecule has 0 bridgehead atoms. The van der Waals surface area contributed by atoms with Gasteiger partial charge in [-0.25, -0.2) is 17.6 Å². The third-order valence-corrected chi connectivity index (χ3v) is 3.03. The third-order valence-electron chi connectivity index (χ3n) is 3.03. The van der Waals surface area contributed by atoms with Crippen LogP contribution in [0.5, 0.6) is 11.5 Å². The number of hydrogen-bond donors (Lipinski definition) is 0. The van der Waals surface area contributed by atoms with Crippen molar-refractivity contribution in [2.45, 2.75) is 0 Å². The van der Waals surface area contributed by atoms with Crippen molar-refractivity contribution >= 4 is 18.2 Å². The second-order valence-corrected chi connectivity index (χ2v) is 4.36. The summed E-state index contributed by atoms with van der Waals surface area (Å²) in [6.45, 7) is 0. The van der Waals surface area contributed by atoms with Gasteiger partial charge >= 0.3 is 0 Å². The fourth-order valence-corrected chi connectivity index (χ4v) is 1.90. The largest absolute Gasteiger partial charge is 0.494 e. The maximum atomic E-state index is 13.8. The average Bonchev–Trinajstić information content (AvgIpc) is 2.52. The molecule has 0 atom stereocenters. The van der Waals surface area contributed by atoms with Crippen LogP contribution in [0, 0.1) is 34.9 Å². The Labute approximate surface area is 127 Å². The lowest BCUT2D eigenvalue weighted by atomic mass is 9.63. The highest BCUT2D eigenvalue weighted by Crippen LogP contribution is 2.25. The Morgan fingerprint density at radius 2 is 1.30 bits per heavy atom. The molecule has 2 rings (SSSR count). The van der Waals surface area contributed by atoms with Gasteiger partial charge in [-0.15, -0.1) is 0 Å². The van der Waals surface area contributed by atoms with E-state index < -0.39 is 57.3 Å². The normalized spacial score (nSPS) is 10.6. The first kappa shape index (κ1) is 17.0. The minimum absolute atomic E-state index is 0.409. The van der Waals surface area contributed by atoms with E-state index in [0.29, 0.717) is 13.3 Å². The number of ether oxygens (including phenoxy) is 2. The van der Waals surface area contributed by atoms with Crippen molar-refractivity contribution in [3.05, 3.63) is 47.0 Å². The summed E-state index contributed by atoms with van der Waals surface area (Å²) in [6, 6.07) is 1.21. The van der Waals surface area contributed by atoms with E-state index in [2.05, 4.69) is 9.47 Å². The first-order valence-corrected chi connectivity index (χ1v) is 6.09. The summed E-state index contributed by atoms with van der Waals surface area (Å²) in [5.41, 5.74) is -1.70. The maximum Gasteiger partial charge on any atom is 0.203 e. The topological polar surface area (TPSA) is 18.5 Å². The Hall–Kier alpha value is -2.32. The summed E-state index contributed by atoms with van der Waals surface area (Å²) in [4.78, 5) is 0. The number of rotatable bonds is 4. The van der Waals surface area contributed by atoms with Crippen LogP contribution in [0.3, 0.4) is 0 Å². The fraction of sp³-hybridized carbons (Fsp3) is 0.143. The molecule has 2 aromatic carbocycles. The van der Waals surface area contributed by atoms with Crippen LogP contribution >= 0.6 is 0 Å². The highest BCUT2D eigenvalue weighted by Gasteiger charge is 2.27. The summed E-state index contributed by atoms with van der Waals surface area (Å²) < 4.78 is 90.7. The molecule has 0 aromatic heterocycles. The Balaban J connectivity index is 2.58. The molecule has 0 fully saturated rings. The van der Waals surface area contributed by atoms with Crippen molar-refractivity contribution < 1.29 is 35.8 Å². The van der Waals surface area contributed by atoms with Crippen molar-refractivity contribution in [3.8, 4) is 11.5 Å². The van der Waals surface area contributed by atoms with E-state index in [1.54, 1.807) is 0 Å². The number of hydrogen-bond acceptors (Lipinski definition) is 2. The molecule has 0 saturated heterocycles. The first-order chi connectivity index (χ1) is 10.8. The molecular weight excluding hydrogens is 325 g/mol. The predicted octanol–water partition coefficient (Wildman–Crippen LogP) is 2.19. The van der Waals surface area contributed by atoms with Crippen LogP contribution in [-0.4, -0.2) is 21.5 Å². The van der Waals surface area contributed by atoms with Gasteiger partial charge in [0.05, 0.1) is 14.2 Å². The highest BCUT2D eigenvalue weighted by atomic mass is 19.2. The van der Waals surface area contributed by atoms with Crippen molar-refractivity contribution in [1.29, 1.82) is 0 Å². The van der Waals surface area contributed by atoms with E-state index in [-0.39, 0.29) is 0 Å². The number of benzene rings is 2. The minimum Gasteiger partial charge on any atom is -0.494 e. The van der Waals surface area contributed by atoms with Gasteiger partial charge in [0, 0.05) is 6.07 Å². The molecule has 0 spiro atoms. The van der Waals surface area contributed by atoms with Crippen LogP contribution in [0.1, 0.15) is 0 Å². The van der Waals surface area contributed by atoms with Crippen LogP contribution in [0.4, 0.5) is 26.3 Å². The molecule has 0 aliphatic carbocycles. The average molecular weight is 333 g/mol. The molecule has 0 amide bonds. The summed E-state index contributed by atoms with van der Waals surface area (Å²) >= 11 is 0. The Morgan fingerprint density at radius 3 is 1.78 bits per heavy atom. The van der Waals surface area contributed by atoms with E-state index in [1.165, 1.54) is 0 Å². The Kier molecular flexibility index (Phi) is 4.77. The molecule has 0 N–H and O–H groups in total. The van der Waals surface area contributed by atoms with Gasteiger partial charge in [-0.3, -0.25) is 0 Å². The summed E-state index contributed by atoms with van der Waals surface area (Å²) in [6.07, 6.45) is 0. The molecule has 0 unspecified atom stereocenters. The molecular formula is C14H8BF6O2. The highest BCUT2D eigenvalue weighted by molar-refractivity contribution is 6.67. The summed E-state index contributed by atoms with van der Waals surface area (Å²) in [5, 5.41) is 0. The third kappa shape index (κ3) is 2.95. The lowest BCUT2D eigenvalue weighted by Gasteiger charge is -2.12. The lowest BCUT2D eigenvalue weighted by molar-refractivity contribution is 0.335. The zero-order chi connectivity index (χ0) is 17.3. The maximum absolute atomic E-state index is 13.8. The van der Waals surface area contributed by atoms with Crippen molar-refractivity contribution in [2.24, 2.45) is 0 Å². The molecule has 23 heavy (non-hydrogen) atoms. The van der Waals surface area contributed by atoms with E-state index in [9.17, 15) is 26.3 Å². The second kappa shape index (κ2) is 6.43. The lowest BCUT2D eigenvalue weighted by Crippen LogP contribution is -2.36. The minimum atomic E-state index is -1.77. The zero-order valence-electron chi connectivity index (χ0n) is 11.8. The smallest absolute Gasteiger partial charge is 0.203 e. The molecule has 2 nitrogen and oxygen atoms in total. The van der Waals surface area contributed by atoms with Crippen LogP contribution < -0.4 is 20.4 Å². The Morgan fingerprint density at radius 1 is 0.739 bits per heavy atom.